The van der Waals surface area contributed by atoms with Crippen molar-refractivity contribution < 1.29 is 4.74 Å². The number of hydrogen-bond acceptors (Lipinski definition) is 2. The molecule has 0 spiro atoms. The van der Waals surface area contributed by atoms with Crippen LogP contribution in [0.4, 0.5) is 0 Å². The lowest BCUT2D eigenvalue weighted by atomic mass is 10.1. The Morgan fingerprint density at radius 1 is 0.682 bits per heavy atom. The van der Waals surface area contributed by atoms with E-state index in [1.807, 2.05) is 42.5 Å². The standard InChI is InChI=1S/C40H29N3O/c1-3-11-35-26(2)34-22-29-23-38-33-16-8-7-14-31(33)32-15-9-10-17-36(32)43(38)37(29)24-39(34)42(35)30-20-18-27(19-21-30)25-44-40(41)28-12-5-4-6-13-28/h3-24,41H,1-2,25H2/b35-11+,41-40?. The highest BCUT2D eigenvalue weighted by Crippen LogP contribution is 2.35. The minimum absolute atomic E-state index is 0.166. The van der Waals surface area contributed by atoms with Crippen LogP contribution in [0.3, 0.4) is 0 Å². The highest BCUT2D eigenvalue weighted by Gasteiger charge is 2.16. The monoisotopic (exact) mass is 567 g/mol. The predicted octanol–water partition coefficient (Wildman–Crippen LogP) is 8.26. The molecule has 4 nitrogen and oxygen atoms in total. The van der Waals surface area contributed by atoms with Gasteiger partial charge in [-0.1, -0.05) is 92.0 Å². The number of pyridine rings is 1. The zero-order chi connectivity index (χ0) is 29.8. The molecule has 0 amide bonds. The fourth-order valence-electron chi connectivity index (χ4n) is 6.50. The van der Waals surface area contributed by atoms with Crippen LogP contribution in [-0.2, 0) is 11.3 Å². The predicted molar refractivity (Wildman–Crippen MR) is 184 cm³/mol. The van der Waals surface area contributed by atoms with Crippen molar-refractivity contribution in [3.63, 3.8) is 0 Å². The number of hydrogen-bond donors (Lipinski definition) is 1. The number of para-hydroxylation sites is 1. The summed E-state index contributed by atoms with van der Waals surface area (Å²) >= 11 is 0. The average molecular weight is 568 g/mol. The van der Waals surface area contributed by atoms with E-state index in [0.29, 0.717) is 6.61 Å². The first-order valence-electron chi connectivity index (χ1n) is 14.7. The van der Waals surface area contributed by atoms with E-state index in [0.717, 1.165) is 43.8 Å². The molecule has 0 bridgehead atoms. The summed E-state index contributed by atoms with van der Waals surface area (Å²) in [5, 5.41) is 16.3. The molecule has 3 heterocycles. The Morgan fingerprint density at radius 2 is 1.36 bits per heavy atom. The summed E-state index contributed by atoms with van der Waals surface area (Å²) in [6, 6.07) is 42.0. The van der Waals surface area contributed by atoms with Crippen molar-refractivity contribution in [3.8, 4) is 5.69 Å². The number of aromatic nitrogens is 2. The van der Waals surface area contributed by atoms with Gasteiger partial charge in [0.15, 0.2) is 0 Å². The number of benzene rings is 5. The fraction of sp³-hybridized carbons (Fsp3) is 0.0250. The van der Waals surface area contributed by atoms with E-state index in [-0.39, 0.29) is 5.90 Å². The normalized spacial score (nSPS) is 12.1. The summed E-state index contributed by atoms with van der Waals surface area (Å²) in [6.07, 6.45) is 3.85. The fourth-order valence-corrected chi connectivity index (χ4v) is 6.50. The van der Waals surface area contributed by atoms with Crippen molar-refractivity contribution in [2.45, 2.75) is 6.61 Å². The molecule has 4 heteroatoms. The zero-order valence-electron chi connectivity index (χ0n) is 24.1. The summed E-state index contributed by atoms with van der Waals surface area (Å²) in [4.78, 5) is 0. The van der Waals surface area contributed by atoms with Gasteiger partial charge in [-0.2, -0.15) is 0 Å². The number of nitrogens with one attached hydrogen (secondary N) is 1. The molecule has 0 aliphatic rings. The third-order valence-electron chi connectivity index (χ3n) is 8.56. The number of rotatable bonds is 5. The van der Waals surface area contributed by atoms with Gasteiger partial charge in [-0.05, 0) is 65.6 Å². The van der Waals surface area contributed by atoms with Crippen LogP contribution >= 0.6 is 0 Å². The van der Waals surface area contributed by atoms with Crippen LogP contribution in [0.5, 0.6) is 0 Å². The van der Waals surface area contributed by atoms with Crippen LogP contribution < -0.4 is 10.6 Å². The molecule has 3 aromatic heterocycles. The van der Waals surface area contributed by atoms with Gasteiger partial charge in [0, 0.05) is 38.0 Å². The molecule has 44 heavy (non-hydrogen) atoms. The molecule has 0 saturated heterocycles. The smallest absolute Gasteiger partial charge is 0.213 e. The third kappa shape index (κ3) is 3.96. The Kier molecular flexibility index (Phi) is 5.95. The molecule has 0 radical (unpaired) electrons. The summed E-state index contributed by atoms with van der Waals surface area (Å²) in [5.74, 6) is 0.166. The molecule has 0 aliphatic heterocycles. The number of fused-ring (bicyclic) bond motifs is 9. The van der Waals surface area contributed by atoms with Crippen molar-refractivity contribution in [1.29, 1.82) is 5.41 Å². The SMILES string of the molecule is C=C/C=c1\c(=C)c2cc3cc4c5ccccc5c5ccccc5n4c3cc2n1-c1ccc(COC(=N)c2ccccc2)cc1. The van der Waals surface area contributed by atoms with Crippen molar-refractivity contribution in [1.82, 2.24) is 8.97 Å². The topological polar surface area (TPSA) is 42.4 Å². The van der Waals surface area contributed by atoms with Gasteiger partial charge in [0.05, 0.1) is 27.4 Å². The lowest BCUT2D eigenvalue weighted by Crippen LogP contribution is -2.26. The van der Waals surface area contributed by atoms with Crippen LogP contribution in [-0.4, -0.2) is 14.9 Å². The van der Waals surface area contributed by atoms with Gasteiger partial charge < -0.3 is 13.7 Å². The second-order valence-electron chi connectivity index (χ2n) is 11.1. The number of ether oxygens (including phenoxy) is 1. The van der Waals surface area contributed by atoms with Crippen molar-refractivity contribution in [2.24, 2.45) is 0 Å². The second-order valence-corrected chi connectivity index (χ2v) is 11.1. The highest BCUT2D eigenvalue weighted by atomic mass is 16.5. The summed E-state index contributed by atoms with van der Waals surface area (Å²) < 4.78 is 10.4. The molecule has 210 valence electrons. The van der Waals surface area contributed by atoms with Gasteiger partial charge in [-0.25, -0.2) is 0 Å². The summed E-state index contributed by atoms with van der Waals surface area (Å²) in [7, 11) is 0. The molecular formula is C40H29N3O. The highest BCUT2D eigenvalue weighted by molar-refractivity contribution is 6.16. The first-order chi connectivity index (χ1) is 21.6. The first kappa shape index (κ1) is 25.8. The van der Waals surface area contributed by atoms with E-state index >= 15 is 0 Å². The van der Waals surface area contributed by atoms with Crippen molar-refractivity contribution >= 4 is 67.6 Å². The van der Waals surface area contributed by atoms with E-state index < -0.39 is 0 Å². The Morgan fingerprint density at radius 3 is 2.11 bits per heavy atom. The minimum atomic E-state index is 0.166. The largest absolute Gasteiger partial charge is 0.473 e. The number of allylic oxidation sites excluding steroid dienone is 1. The van der Waals surface area contributed by atoms with Crippen LogP contribution in [0.25, 0.3) is 67.3 Å². The van der Waals surface area contributed by atoms with E-state index in [9.17, 15) is 0 Å². The maximum atomic E-state index is 8.28. The second kappa shape index (κ2) is 10.1. The van der Waals surface area contributed by atoms with Gasteiger partial charge in [-0.15, -0.1) is 0 Å². The number of nitrogens with zero attached hydrogens (tertiary/aromatic N) is 2. The Balaban J connectivity index is 1.30. The van der Waals surface area contributed by atoms with Crippen LogP contribution in [0, 0.1) is 5.41 Å². The van der Waals surface area contributed by atoms with E-state index in [4.69, 9.17) is 10.1 Å². The molecule has 5 aromatic carbocycles. The molecule has 1 N–H and O–H groups in total. The molecule has 8 aromatic rings. The van der Waals surface area contributed by atoms with E-state index in [1.165, 1.54) is 32.6 Å². The van der Waals surface area contributed by atoms with Gasteiger partial charge >= 0.3 is 0 Å². The first-order valence-corrected chi connectivity index (χ1v) is 14.7. The molecule has 8 rings (SSSR count). The molecule has 0 unspecified atom stereocenters. The van der Waals surface area contributed by atoms with E-state index in [2.05, 4.69) is 113 Å². The quantitative estimate of drug-likeness (QED) is 0.127. The molecule has 0 aliphatic carbocycles. The van der Waals surface area contributed by atoms with Gasteiger partial charge in [0.2, 0.25) is 5.90 Å². The lowest BCUT2D eigenvalue weighted by Gasteiger charge is -2.11. The summed E-state index contributed by atoms with van der Waals surface area (Å²) in [5.41, 5.74) is 7.41. The molecular weight excluding hydrogens is 538 g/mol. The Bertz CT molecular complexity index is 2540. The Labute approximate surface area is 254 Å². The van der Waals surface area contributed by atoms with Crippen LogP contribution in [0.15, 0.2) is 134 Å². The average Bonchev–Trinajstić information content (AvgIpc) is 3.58. The maximum absolute atomic E-state index is 8.28. The van der Waals surface area contributed by atoms with Gasteiger partial charge in [0.25, 0.3) is 0 Å². The lowest BCUT2D eigenvalue weighted by molar-refractivity contribution is 0.291. The Hall–Kier alpha value is -5.87. The van der Waals surface area contributed by atoms with Crippen LogP contribution in [0.1, 0.15) is 11.1 Å². The molecule has 0 saturated carbocycles. The molecule has 0 atom stereocenters. The zero-order valence-corrected chi connectivity index (χ0v) is 24.1. The third-order valence-corrected chi connectivity index (χ3v) is 8.56. The van der Waals surface area contributed by atoms with Gasteiger partial charge in [-0.3, -0.25) is 5.41 Å². The minimum Gasteiger partial charge on any atom is -0.473 e. The van der Waals surface area contributed by atoms with Crippen LogP contribution in [0.2, 0.25) is 0 Å². The molecule has 0 fully saturated rings. The van der Waals surface area contributed by atoms with Crippen molar-refractivity contribution in [2.75, 3.05) is 0 Å². The summed E-state index contributed by atoms with van der Waals surface area (Å²) in [6.45, 7) is 8.84. The van der Waals surface area contributed by atoms with Crippen molar-refractivity contribution in [3.05, 3.63) is 156 Å². The van der Waals surface area contributed by atoms with E-state index in [1.54, 1.807) is 0 Å². The van der Waals surface area contributed by atoms with Gasteiger partial charge in [0.1, 0.15) is 6.61 Å². The maximum Gasteiger partial charge on any atom is 0.213 e.